The second-order valence-electron chi connectivity index (χ2n) is 6.58. The van der Waals surface area contributed by atoms with E-state index in [4.69, 9.17) is 0 Å². The fourth-order valence-electron chi connectivity index (χ4n) is 3.03. The highest BCUT2D eigenvalue weighted by Gasteiger charge is 2.31. The highest BCUT2D eigenvalue weighted by molar-refractivity contribution is 14.0. The number of hydrogen-bond acceptors (Lipinski definition) is 3. The molecule has 1 saturated carbocycles. The summed E-state index contributed by atoms with van der Waals surface area (Å²) in [5.74, 6) is 0.141. The molecule has 0 unspecified atom stereocenters. The Hall–Kier alpha value is -1.72. The number of amides is 1. The topological polar surface area (TPSA) is 74.8 Å². The van der Waals surface area contributed by atoms with Gasteiger partial charge in [0.2, 0.25) is 5.91 Å². The van der Waals surface area contributed by atoms with Gasteiger partial charge in [0.05, 0.1) is 6.54 Å². The van der Waals surface area contributed by atoms with Gasteiger partial charge in [0, 0.05) is 31.1 Å². The normalized spacial score (nSPS) is 14.8. The number of para-hydroxylation sites is 1. The summed E-state index contributed by atoms with van der Waals surface area (Å²) in [6, 6.07) is 6.16. The molecule has 0 aromatic heterocycles. The van der Waals surface area contributed by atoms with E-state index in [-0.39, 0.29) is 48.2 Å². The summed E-state index contributed by atoms with van der Waals surface area (Å²) in [7, 11) is 0. The lowest BCUT2D eigenvalue weighted by Gasteiger charge is -2.15. The van der Waals surface area contributed by atoms with Gasteiger partial charge >= 0.3 is 6.36 Å². The van der Waals surface area contributed by atoms with Crippen LogP contribution in [0.25, 0.3) is 0 Å². The predicted octanol–water partition coefficient (Wildman–Crippen LogP) is 3.71. The van der Waals surface area contributed by atoms with Gasteiger partial charge in [-0.05, 0) is 25.8 Å². The SMILES string of the molecule is CCNC(=NCc1ccccc1OC(F)(F)F)NCCC(=O)NC1CCCC1.I. The number of benzene rings is 1. The number of carbonyl (C=O) groups is 1. The molecule has 6 nitrogen and oxygen atoms in total. The van der Waals surface area contributed by atoms with Crippen LogP contribution in [0.3, 0.4) is 0 Å². The molecule has 164 valence electrons. The molecule has 0 heterocycles. The molecule has 3 N–H and O–H groups in total. The molecule has 0 atom stereocenters. The van der Waals surface area contributed by atoms with Crippen LogP contribution in [0.2, 0.25) is 0 Å². The number of nitrogens with one attached hydrogen (secondary N) is 3. The number of hydrogen-bond donors (Lipinski definition) is 3. The van der Waals surface area contributed by atoms with Gasteiger partial charge in [-0.2, -0.15) is 0 Å². The molecule has 2 rings (SSSR count). The van der Waals surface area contributed by atoms with Crippen molar-refractivity contribution in [1.29, 1.82) is 0 Å². The molecule has 1 aliphatic carbocycles. The first-order valence-electron chi connectivity index (χ1n) is 9.52. The van der Waals surface area contributed by atoms with Crippen molar-refractivity contribution in [1.82, 2.24) is 16.0 Å². The second-order valence-corrected chi connectivity index (χ2v) is 6.58. The Balaban J connectivity index is 0.00000420. The first kappa shape index (κ1) is 25.3. The van der Waals surface area contributed by atoms with Gasteiger partial charge in [-0.1, -0.05) is 31.0 Å². The van der Waals surface area contributed by atoms with Gasteiger partial charge in [-0.3, -0.25) is 4.79 Å². The molecule has 0 radical (unpaired) electrons. The van der Waals surface area contributed by atoms with Crippen LogP contribution in [0.4, 0.5) is 13.2 Å². The largest absolute Gasteiger partial charge is 0.573 e. The van der Waals surface area contributed by atoms with Crippen LogP contribution in [0, 0.1) is 0 Å². The maximum atomic E-state index is 12.5. The predicted molar refractivity (Wildman–Crippen MR) is 116 cm³/mol. The van der Waals surface area contributed by atoms with E-state index in [1.165, 1.54) is 18.2 Å². The molecule has 0 saturated heterocycles. The van der Waals surface area contributed by atoms with Gasteiger partial charge in [0.15, 0.2) is 5.96 Å². The summed E-state index contributed by atoms with van der Waals surface area (Å²) in [6.07, 6.45) is -0.0881. The van der Waals surface area contributed by atoms with Crippen molar-refractivity contribution in [3.8, 4) is 5.75 Å². The molecule has 1 aliphatic rings. The minimum atomic E-state index is -4.75. The fourth-order valence-corrected chi connectivity index (χ4v) is 3.03. The number of rotatable bonds is 8. The quantitative estimate of drug-likeness (QED) is 0.274. The Morgan fingerprint density at radius 3 is 2.55 bits per heavy atom. The van der Waals surface area contributed by atoms with Crippen molar-refractivity contribution >= 4 is 35.8 Å². The molecule has 1 aromatic carbocycles. The zero-order valence-corrected chi connectivity index (χ0v) is 18.7. The Morgan fingerprint density at radius 1 is 1.21 bits per heavy atom. The summed E-state index contributed by atoms with van der Waals surface area (Å²) in [5.41, 5.74) is 0.316. The first-order valence-corrected chi connectivity index (χ1v) is 9.52. The monoisotopic (exact) mass is 528 g/mol. The third-order valence-electron chi connectivity index (χ3n) is 4.31. The van der Waals surface area contributed by atoms with Crippen LogP contribution < -0.4 is 20.7 Å². The highest BCUT2D eigenvalue weighted by atomic mass is 127. The number of carbonyl (C=O) groups excluding carboxylic acids is 1. The maximum absolute atomic E-state index is 12.5. The summed E-state index contributed by atoms with van der Waals surface area (Å²) < 4.78 is 41.6. The second kappa shape index (κ2) is 12.8. The zero-order valence-electron chi connectivity index (χ0n) is 16.3. The summed E-state index contributed by atoms with van der Waals surface area (Å²) in [5, 5.41) is 9.05. The van der Waals surface area contributed by atoms with Crippen LogP contribution in [-0.4, -0.2) is 37.4 Å². The van der Waals surface area contributed by atoms with Crippen LogP contribution in [-0.2, 0) is 11.3 Å². The van der Waals surface area contributed by atoms with E-state index in [2.05, 4.69) is 25.7 Å². The van der Waals surface area contributed by atoms with E-state index in [1.807, 2.05) is 6.92 Å². The van der Waals surface area contributed by atoms with Crippen molar-refractivity contribution in [2.24, 2.45) is 4.99 Å². The lowest BCUT2D eigenvalue weighted by atomic mass is 10.2. The molecule has 0 spiro atoms. The van der Waals surface area contributed by atoms with Crippen LogP contribution in [0.1, 0.15) is 44.6 Å². The molecule has 10 heteroatoms. The zero-order chi connectivity index (χ0) is 20.4. The van der Waals surface area contributed by atoms with Gasteiger partial charge in [0.25, 0.3) is 0 Å². The Bertz CT molecular complexity index is 665. The number of halogens is 4. The highest BCUT2D eigenvalue weighted by Crippen LogP contribution is 2.26. The van der Waals surface area contributed by atoms with E-state index >= 15 is 0 Å². The van der Waals surface area contributed by atoms with Crippen molar-refractivity contribution < 1.29 is 22.7 Å². The van der Waals surface area contributed by atoms with Crippen molar-refractivity contribution in [3.05, 3.63) is 29.8 Å². The van der Waals surface area contributed by atoms with E-state index in [0.29, 0.717) is 31.0 Å². The molecular formula is C19H28F3IN4O2. The fraction of sp³-hybridized carbons (Fsp3) is 0.579. The Labute approximate surface area is 186 Å². The number of nitrogens with zero attached hydrogens (tertiary/aromatic N) is 1. The average Bonchev–Trinajstić information content (AvgIpc) is 3.12. The van der Waals surface area contributed by atoms with Crippen LogP contribution in [0.5, 0.6) is 5.75 Å². The Morgan fingerprint density at radius 2 is 1.90 bits per heavy atom. The molecule has 0 aliphatic heterocycles. The smallest absolute Gasteiger partial charge is 0.405 e. The number of aliphatic imine (C=N–C) groups is 1. The molecule has 1 aromatic rings. The lowest BCUT2D eigenvalue weighted by molar-refractivity contribution is -0.274. The van der Waals surface area contributed by atoms with E-state index in [0.717, 1.165) is 25.7 Å². The Kier molecular flexibility index (Phi) is 11.1. The molecular weight excluding hydrogens is 500 g/mol. The standard InChI is InChI=1S/C19H27F3N4O2.HI/c1-2-23-18(24-12-11-17(27)26-15-8-4-5-9-15)25-13-14-7-3-6-10-16(14)28-19(20,21)22;/h3,6-7,10,15H,2,4-5,8-9,11-13H2,1H3,(H,26,27)(H2,23,24,25);1H. The van der Waals surface area contributed by atoms with Gasteiger partial charge < -0.3 is 20.7 Å². The molecule has 29 heavy (non-hydrogen) atoms. The average molecular weight is 528 g/mol. The van der Waals surface area contributed by atoms with Crippen molar-refractivity contribution in [3.63, 3.8) is 0 Å². The molecule has 0 bridgehead atoms. The van der Waals surface area contributed by atoms with E-state index in [1.54, 1.807) is 6.07 Å². The molecule has 1 fully saturated rings. The van der Waals surface area contributed by atoms with Gasteiger partial charge in [-0.15, -0.1) is 37.1 Å². The third-order valence-corrected chi connectivity index (χ3v) is 4.31. The van der Waals surface area contributed by atoms with Crippen LogP contribution in [0.15, 0.2) is 29.3 Å². The maximum Gasteiger partial charge on any atom is 0.573 e. The number of alkyl halides is 3. The van der Waals surface area contributed by atoms with E-state index in [9.17, 15) is 18.0 Å². The minimum absolute atomic E-state index is 0. The first-order chi connectivity index (χ1) is 13.4. The van der Waals surface area contributed by atoms with E-state index < -0.39 is 6.36 Å². The summed E-state index contributed by atoms with van der Waals surface area (Å²) >= 11 is 0. The van der Waals surface area contributed by atoms with Gasteiger partial charge in [-0.25, -0.2) is 4.99 Å². The van der Waals surface area contributed by atoms with Crippen molar-refractivity contribution in [2.45, 2.75) is 58.0 Å². The van der Waals surface area contributed by atoms with Crippen LogP contribution >= 0.6 is 24.0 Å². The minimum Gasteiger partial charge on any atom is -0.405 e. The number of guanidine groups is 1. The van der Waals surface area contributed by atoms with Crippen molar-refractivity contribution in [2.75, 3.05) is 13.1 Å². The summed E-state index contributed by atoms with van der Waals surface area (Å²) in [6.45, 7) is 2.85. The van der Waals surface area contributed by atoms with Gasteiger partial charge in [0.1, 0.15) is 5.75 Å². The third kappa shape index (κ3) is 10.0. The molecule has 1 amide bonds. The summed E-state index contributed by atoms with van der Waals surface area (Å²) in [4.78, 5) is 16.3. The lowest BCUT2D eigenvalue weighted by Crippen LogP contribution is -2.40. The number of ether oxygens (including phenoxy) is 1.